The first-order valence-electron chi connectivity index (χ1n) is 5.17. The van der Waals surface area contributed by atoms with Crippen LogP contribution in [0.5, 0.6) is 0 Å². The summed E-state index contributed by atoms with van der Waals surface area (Å²) >= 11 is 15.0. The number of thiophene rings is 1. The number of hydrogen-bond acceptors (Lipinski definition) is 4. The van der Waals surface area contributed by atoms with Crippen LogP contribution in [0, 0.1) is 0 Å². The zero-order valence-corrected chi connectivity index (χ0v) is 14.6. The van der Waals surface area contributed by atoms with Crippen molar-refractivity contribution in [1.82, 2.24) is 0 Å². The predicted octanol–water partition coefficient (Wildman–Crippen LogP) is 3.60. The monoisotopic (exact) mass is 410 g/mol. The van der Waals surface area contributed by atoms with Gasteiger partial charge >= 0.3 is 0 Å². The summed E-state index contributed by atoms with van der Waals surface area (Å²) in [6.45, 7) is 0. The molecule has 0 bridgehead atoms. The van der Waals surface area contributed by atoms with E-state index in [0.29, 0.717) is 15.6 Å². The molecule has 0 amide bonds. The molecule has 1 heterocycles. The Hall–Kier alpha value is -0.670. The number of benzene rings is 1. The smallest absolute Gasteiger partial charge is 0.271 e. The molecule has 0 aliphatic rings. The molecule has 106 valence electrons. The van der Waals surface area contributed by atoms with Crippen molar-refractivity contribution in [1.29, 1.82) is 0 Å². The number of nitrogens with two attached hydrogens (primary N) is 1. The number of nitrogens with one attached hydrogen (secondary N) is 1. The number of rotatable bonds is 4. The zero-order chi connectivity index (χ0) is 14.9. The lowest BCUT2D eigenvalue weighted by Gasteiger charge is -2.08. The van der Waals surface area contributed by atoms with Crippen molar-refractivity contribution in [2.75, 3.05) is 4.72 Å². The Morgan fingerprint density at radius 2 is 2.05 bits per heavy atom. The molecule has 0 atom stereocenters. The third-order valence-electron chi connectivity index (χ3n) is 2.26. The van der Waals surface area contributed by atoms with Crippen LogP contribution in [0.2, 0.25) is 5.02 Å². The summed E-state index contributed by atoms with van der Waals surface area (Å²) in [6.07, 6.45) is 0. The van der Waals surface area contributed by atoms with Gasteiger partial charge in [0.25, 0.3) is 10.0 Å². The molecule has 0 aliphatic carbocycles. The van der Waals surface area contributed by atoms with Gasteiger partial charge in [-0.2, -0.15) is 0 Å². The second-order valence-corrected chi connectivity index (χ2v) is 8.47. The minimum Gasteiger partial charge on any atom is -0.389 e. The average Bonchev–Trinajstić information content (AvgIpc) is 2.84. The summed E-state index contributed by atoms with van der Waals surface area (Å²) in [5, 5.41) is 0.308. The summed E-state index contributed by atoms with van der Waals surface area (Å²) in [5.41, 5.74) is 5.76. The summed E-state index contributed by atoms with van der Waals surface area (Å²) < 4.78 is 27.8. The van der Waals surface area contributed by atoms with Gasteiger partial charge < -0.3 is 5.73 Å². The Morgan fingerprint density at radius 1 is 1.35 bits per heavy atom. The van der Waals surface area contributed by atoms with Crippen molar-refractivity contribution in [2.24, 2.45) is 5.73 Å². The first-order valence-corrected chi connectivity index (χ1v) is 9.05. The molecule has 1 aromatic heterocycles. The molecule has 0 aliphatic heterocycles. The van der Waals surface area contributed by atoms with Crippen LogP contribution in [-0.2, 0) is 10.0 Å². The molecule has 20 heavy (non-hydrogen) atoms. The van der Waals surface area contributed by atoms with Crippen LogP contribution in [0.3, 0.4) is 0 Å². The van der Waals surface area contributed by atoms with Crippen molar-refractivity contribution in [3.05, 3.63) is 44.7 Å². The third kappa shape index (κ3) is 3.50. The van der Waals surface area contributed by atoms with E-state index < -0.39 is 10.0 Å². The van der Waals surface area contributed by atoms with E-state index in [4.69, 9.17) is 29.6 Å². The highest BCUT2D eigenvalue weighted by Crippen LogP contribution is 2.29. The van der Waals surface area contributed by atoms with E-state index in [1.54, 1.807) is 24.3 Å². The highest BCUT2D eigenvalue weighted by atomic mass is 79.9. The molecule has 0 spiro atoms. The van der Waals surface area contributed by atoms with Crippen LogP contribution in [-0.4, -0.2) is 13.4 Å². The van der Waals surface area contributed by atoms with E-state index in [1.165, 1.54) is 6.07 Å². The SMILES string of the molecule is NC(=S)c1ccc(S(=O)(=O)Nc2cc(Br)ccc2Cl)s1. The van der Waals surface area contributed by atoms with Gasteiger partial charge in [0.2, 0.25) is 0 Å². The zero-order valence-electron chi connectivity index (χ0n) is 9.76. The van der Waals surface area contributed by atoms with Crippen LogP contribution in [0.15, 0.2) is 39.0 Å². The first kappa shape index (κ1) is 15.7. The number of sulfonamides is 1. The van der Waals surface area contributed by atoms with Crippen molar-refractivity contribution in [3.8, 4) is 0 Å². The molecule has 0 saturated heterocycles. The standard InChI is InChI=1S/C11H8BrClN2O2S3/c12-6-1-2-7(13)8(5-6)15-20(16,17)10-4-3-9(19-10)11(14)18/h1-5,15H,(H2,14,18). The van der Waals surface area contributed by atoms with Gasteiger partial charge in [0.1, 0.15) is 9.20 Å². The molecule has 0 fully saturated rings. The lowest BCUT2D eigenvalue weighted by molar-refractivity contribution is 0.603. The number of anilines is 1. The molecule has 2 aromatic rings. The molecule has 9 heteroatoms. The quantitative estimate of drug-likeness (QED) is 0.754. The Bertz CT molecular complexity index is 774. The maximum absolute atomic E-state index is 12.2. The lowest BCUT2D eigenvalue weighted by Crippen LogP contribution is -2.12. The Morgan fingerprint density at radius 3 is 2.65 bits per heavy atom. The molecule has 2 rings (SSSR count). The molecule has 0 unspecified atom stereocenters. The summed E-state index contributed by atoms with van der Waals surface area (Å²) in [5.74, 6) is 0. The maximum Gasteiger partial charge on any atom is 0.271 e. The van der Waals surface area contributed by atoms with Crippen LogP contribution in [0.1, 0.15) is 4.88 Å². The normalized spacial score (nSPS) is 11.3. The van der Waals surface area contributed by atoms with Gasteiger partial charge in [0, 0.05) is 4.47 Å². The molecule has 0 radical (unpaired) electrons. The average molecular weight is 412 g/mol. The minimum atomic E-state index is -3.72. The fourth-order valence-corrected chi connectivity index (χ4v) is 4.37. The van der Waals surface area contributed by atoms with Gasteiger partial charge in [-0.3, -0.25) is 4.72 Å². The van der Waals surface area contributed by atoms with Gasteiger partial charge in [0.05, 0.1) is 15.6 Å². The summed E-state index contributed by atoms with van der Waals surface area (Å²) in [4.78, 5) is 0.706. The van der Waals surface area contributed by atoms with E-state index in [1.807, 2.05) is 0 Å². The van der Waals surface area contributed by atoms with E-state index in [2.05, 4.69) is 20.7 Å². The Kier molecular flexibility index (Phi) is 4.70. The topological polar surface area (TPSA) is 72.2 Å². The van der Waals surface area contributed by atoms with Crippen molar-refractivity contribution in [3.63, 3.8) is 0 Å². The molecular formula is C11H8BrClN2O2S3. The second kappa shape index (κ2) is 5.98. The number of thiocarbonyl (C=S) groups is 1. The number of halogens is 2. The fraction of sp³-hybridized carbons (Fsp3) is 0. The minimum absolute atomic E-state index is 0.122. The summed E-state index contributed by atoms with van der Waals surface area (Å²) in [7, 11) is -3.72. The highest BCUT2D eigenvalue weighted by molar-refractivity contribution is 9.10. The molecular weight excluding hydrogens is 404 g/mol. The molecule has 0 saturated carbocycles. The van der Waals surface area contributed by atoms with Crippen molar-refractivity contribution < 1.29 is 8.42 Å². The summed E-state index contributed by atoms with van der Waals surface area (Å²) in [6, 6.07) is 7.92. The Labute approximate surface area is 139 Å². The van der Waals surface area contributed by atoms with Gasteiger partial charge in [-0.05, 0) is 30.3 Å². The van der Waals surface area contributed by atoms with Crippen LogP contribution in [0.4, 0.5) is 5.69 Å². The highest BCUT2D eigenvalue weighted by Gasteiger charge is 2.19. The van der Waals surface area contributed by atoms with Gasteiger partial charge in [0.15, 0.2) is 0 Å². The van der Waals surface area contributed by atoms with Gasteiger partial charge in [-0.25, -0.2) is 8.42 Å². The van der Waals surface area contributed by atoms with E-state index in [9.17, 15) is 8.42 Å². The van der Waals surface area contributed by atoms with Crippen molar-refractivity contribution >= 4 is 71.8 Å². The van der Waals surface area contributed by atoms with Crippen molar-refractivity contribution in [2.45, 2.75) is 4.21 Å². The van der Waals surface area contributed by atoms with Gasteiger partial charge in [-0.1, -0.05) is 39.7 Å². The van der Waals surface area contributed by atoms with Gasteiger partial charge in [-0.15, -0.1) is 11.3 Å². The second-order valence-electron chi connectivity index (χ2n) is 3.71. The van der Waals surface area contributed by atoms with E-state index in [-0.39, 0.29) is 9.20 Å². The molecule has 3 N–H and O–H groups in total. The van der Waals surface area contributed by atoms with E-state index >= 15 is 0 Å². The number of hydrogen-bond donors (Lipinski definition) is 2. The van der Waals surface area contributed by atoms with Crippen LogP contribution in [0.25, 0.3) is 0 Å². The third-order valence-corrected chi connectivity index (χ3v) is 6.41. The predicted molar refractivity (Wildman–Crippen MR) is 90.2 cm³/mol. The Balaban J connectivity index is 2.35. The lowest BCUT2D eigenvalue weighted by atomic mass is 10.3. The largest absolute Gasteiger partial charge is 0.389 e. The van der Waals surface area contributed by atoms with Crippen LogP contribution < -0.4 is 10.5 Å². The van der Waals surface area contributed by atoms with Crippen LogP contribution >= 0.6 is 51.1 Å². The maximum atomic E-state index is 12.2. The fourth-order valence-electron chi connectivity index (χ4n) is 1.37. The molecule has 4 nitrogen and oxygen atoms in total. The first-order chi connectivity index (χ1) is 9.29. The molecule has 1 aromatic carbocycles. The van der Waals surface area contributed by atoms with E-state index in [0.717, 1.165) is 15.8 Å².